The molecule has 0 spiro atoms. The molecule has 18 heavy (non-hydrogen) atoms. The van der Waals surface area contributed by atoms with Crippen molar-refractivity contribution in [1.82, 2.24) is 10.1 Å². The van der Waals surface area contributed by atoms with Gasteiger partial charge >= 0.3 is 0 Å². The highest BCUT2D eigenvalue weighted by molar-refractivity contribution is 4.97. The standard InChI is InChI=1S/C13H22N2O3/c1-17-9-11(16)8-12-14-13(15-18-12)10-6-4-2-3-5-7-10/h10-11,16H,2-9H2,1H3. The molecule has 1 aromatic rings. The first kappa shape index (κ1) is 13.5. The van der Waals surface area contributed by atoms with Crippen LogP contribution in [-0.2, 0) is 11.2 Å². The van der Waals surface area contributed by atoms with Crippen LogP contribution in [0.15, 0.2) is 4.52 Å². The number of hydrogen-bond acceptors (Lipinski definition) is 5. The number of aliphatic hydroxyl groups is 1. The van der Waals surface area contributed by atoms with Crippen LogP contribution < -0.4 is 0 Å². The summed E-state index contributed by atoms with van der Waals surface area (Å²) in [6.07, 6.45) is 7.23. The highest BCUT2D eigenvalue weighted by atomic mass is 16.5. The van der Waals surface area contributed by atoms with Crippen molar-refractivity contribution < 1.29 is 14.4 Å². The molecule has 0 radical (unpaired) electrons. The molecule has 0 bridgehead atoms. The van der Waals surface area contributed by atoms with E-state index in [9.17, 15) is 5.11 Å². The molecule has 1 N–H and O–H groups in total. The molecule has 1 heterocycles. The van der Waals surface area contributed by atoms with Crippen LogP contribution in [-0.4, -0.2) is 35.1 Å². The highest BCUT2D eigenvalue weighted by Crippen LogP contribution is 2.29. The minimum Gasteiger partial charge on any atom is -0.390 e. The number of methoxy groups -OCH3 is 1. The molecule has 5 heteroatoms. The number of hydrogen-bond donors (Lipinski definition) is 1. The lowest BCUT2D eigenvalue weighted by molar-refractivity contribution is 0.0599. The average molecular weight is 254 g/mol. The molecule has 0 aliphatic heterocycles. The first-order chi connectivity index (χ1) is 8.79. The summed E-state index contributed by atoms with van der Waals surface area (Å²) in [7, 11) is 1.56. The lowest BCUT2D eigenvalue weighted by Crippen LogP contribution is -2.17. The van der Waals surface area contributed by atoms with Gasteiger partial charge in [-0.05, 0) is 12.8 Å². The first-order valence-corrected chi connectivity index (χ1v) is 6.79. The van der Waals surface area contributed by atoms with E-state index in [2.05, 4.69) is 10.1 Å². The minimum absolute atomic E-state index is 0.293. The van der Waals surface area contributed by atoms with E-state index in [-0.39, 0.29) is 0 Å². The summed E-state index contributed by atoms with van der Waals surface area (Å²) in [5.41, 5.74) is 0. The Morgan fingerprint density at radius 1 is 1.33 bits per heavy atom. The molecule has 1 unspecified atom stereocenters. The maximum atomic E-state index is 9.61. The Balaban J connectivity index is 1.92. The molecule has 1 aromatic heterocycles. The fraction of sp³-hybridized carbons (Fsp3) is 0.846. The van der Waals surface area contributed by atoms with E-state index < -0.39 is 6.10 Å². The van der Waals surface area contributed by atoms with E-state index in [1.165, 1.54) is 25.7 Å². The molecule has 1 atom stereocenters. The summed E-state index contributed by atoms with van der Waals surface area (Å²) < 4.78 is 10.1. The summed E-state index contributed by atoms with van der Waals surface area (Å²) in [4.78, 5) is 4.40. The second-order valence-electron chi connectivity index (χ2n) is 5.05. The zero-order valence-electron chi connectivity index (χ0n) is 11.0. The van der Waals surface area contributed by atoms with Crippen LogP contribution in [0.5, 0.6) is 0 Å². The van der Waals surface area contributed by atoms with Crippen molar-refractivity contribution in [2.75, 3.05) is 13.7 Å². The summed E-state index contributed by atoms with van der Waals surface area (Å²) in [6, 6.07) is 0. The van der Waals surface area contributed by atoms with E-state index in [0.29, 0.717) is 24.8 Å². The van der Waals surface area contributed by atoms with Crippen molar-refractivity contribution in [1.29, 1.82) is 0 Å². The van der Waals surface area contributed by atoms with Crippen LogP contribution in [0.3, 0.4) is 0 Å². The third kappa shape index (κ3) is 3.78. The topological polar surface area (TPSA) is 68.4 Å². The third-order valence-electron chi connectivity index (χ3n) is 3.47. The lowest BCUT2D eigenvalue weighted by Gasteiger charge is -2.07. The van der Waals surface area contributed by atoms with Crippen molar-refractivity contribution in [2.45, 2.75) is 57.0 Å². The van der Waals surface area contributed by atoms with Gasteiger partial charge in [-0.2, -0.15) is 4.98 Å². The molecule has 1 saturated carbocycles. The lowest BCUT2D eigenvalue weighted by atomic mass is 10.00. The van der Waals surface area contributed by atoms with Gasteiger partial charge in [-0.25, -0.2) is 0 Å². The molecule has 5 nitrogen and oxygen atoms in total. The summed E-state index contributed by atoms with van der Waals surface area (Å²) >= 11 is 0. The zero-order valence-corrected chi connectivity index (χ0v) is 11.0. The van der Waals surface area contributed by atoms with Gasteiger partial charge in [0.25, 0.3) is 0 Å². The van der Waals surface area contributed by atoms with Crippen LogP contribution >= 0.6 is 0 Å². The summed E-state index contributed by atoms with van der Waals surface area (Å²) in [6.45, 7) is 0.293. The number of ether oxygens (including phenoxy) is 1. The second-order valence-corrected chi connectivity index (χ2v) is 5.05. The number of rotatable bonds is 5. The predicted octanol–water partition coefficient (Wildman–Crippen LogP) is 2.06. The van der Waals surface area contributed by atoms with Crippen molar-refractivity contribution in [3.63, 3.8) is 0 Å². The maximum absolute atomic E-state index is 9.61. The molecule has 1 aliphatic rings. The normalized spacial score (nSPS) is 19.7. The molecule has 0 amide bonds. The van der Waals surface area contributed by atoms with Crippen LogP contribution in [0.25, 0.3) is 0 Å². The zero-order chi connectivity index (χ0) is 12.8. The maximum Gasteiger partial charge on any atom is 0.229 e. The third-order valence-corrected chi connectivity index (χ3v) is 3.47. The quantitative estimate of drug-likeness (QED) is 0.814. The molecule has 1 aliphatic carbocycles. The number of aromatic nitrogens is 2. The molecule has 0 aromatic carbocycles. The first-order valence-electron chi connectivity index (χ1n) is 6.79. The van der Waals surface area contributed by atoms with E-state index in [1.54, 1.807) is 7.11 Å². The van der Waals surface area contributed by atoms with Crippen LogP contribution in [0.1, 0.15) is 56.2 Å². The Morgan fingerprint density at radius 2 is 2.06 bits per heavy atom. The van der Waals surface area contributed by atoms with Gasteiger partial charge in [0.05, 0.1) is 19.1 Å². The van der Waals surface area contributed by atoms with Gasteiger partial charge < -0.3 is 14.4 Å². The Kier molecular flexibility index (Phi) is 5.13. The van der Waals surface area contributed by atoms with Crippen molar-refractivity contribution in [3.8, 4) is 0 Å². The predicted molar refractivity (Wildman–Crippen MR) is 66.3 cm³/mol. The Bertz CT molecular complexity index is 346. The van der Waals surface area contributed by atoms with Crippen molar-refractivity contribution >= 4 is 0 Å². The fourth-order valence-corrected chi connectivity index (χ4v) is 2.51. The second kappa shape index (κ2) is 6.85. The van der Waals surface area contributed by atoms with E-state index in [0.717, 1.165) is 18.7 Å². The molecule has 2 rings (SSSR count). The smallest absolute Gasteiger partial charge is 0.229 e. The Morgan fingerprint density at radius 3 is 2.72 bits per heavy atom. The number of aliphatic hydroxyl groups excluding tert-OH is 1. The van der Waals surface area contributed by atoms with Gasteiger partial charge in [-0.15, -0.1) is 0 Å². The average Bonchev–Trinajstić information content (AvgIpc) is 2.64. The van der Waals surface area contributed by atoms with Gasteiger partial charge in [-0.1, -0.05) is 30.8 Å². The van der Waals surface area contributed by atoms with Crippen LogP contribution in [0, 0.1) is 0 Å². The van der Waals surface area contributed by atoms with Crippen molar-refractivity contribution in [3.05, 3.63) is 11.7 Å². The molecule has 102 valence electrons. The van der Waals surface area contributed by atoms with Gasteiger partial charge in [0.15, 0.2) is 5.82 Å². The van der Waals surface area contributed by atoms with Gasteiger partial charge in [-0.3, -0.25) is 0 Å². The van der Waals surface area contributed by atoms with Crippen LogP contribution in [0.2, 0.25) is 0 Å². The van der Waals surface area contributed by atoms with E-state index in [1.807, 2.05) is 0 Å². The van der Waals surface area contributed by atoms with Gasteiger partial charge in [0, 0.05) is 13.0 Å². The minimum atomic E-state index is -0.572. The molecular formula is C13H22N2O3. The fourth-order valence-electron chi connectivity index (χ4n) is 2.51. The monoisotopic (exact) mass is 254 g/mol. The summed E-state index contributed by atoms with van der Waals surface area (Å²) in [5.74, 6) is 1.76. The molecular weight excluding hydrogens is 232 g/mol. The Hall–Kier alpha value is -0.940. The Labute approximate surface area is 108 Å². The van der Waals surface area contributed by atoms with E-state index >= 15 is 0 Å². The van der Waals surface area contributed by atoms with Gasteiger partial charge in [0.1, 0.15) is 0 Å². The highest BCUT2D eigenvalue weighted by Gasteiger charge is 2.20. The molecule has 0 saturated heterocycles. The number of nitrogens with zero attached hydrogens (tertiary/aromatic N) is 2. The summed E-state index contributed by atoms with van der Waals surface area (Å²) in [5, 5.41) is 13.7. The largest absolute Gasteiger partial charge is 0.390 e. The SMILES string of the molecule is COCC(O)Cc1nc(C2CCCCCC2)no1. The van der Waals surface area contributed by atoms with Crippen molar-refractivity contribution in [2.24, 2.45) is 0 Å². The molecule has 1 fully saturated rings. The van der Waals surface area contributed by atoms with Gasteiger partial charge in [0.2, 0.25) is 5.89 Å². The van der Waals surface area contributed by atoms with Crippen LogP contribution in [0.4, 0.5) is 0 Å². The van der Waals surface area contributed by atoms with E-state index in [4.69, 9.17) is 9.26 Å².